The molecule has 0 saturated carbocycles. The van der Waals surface area contributed by atoms with Gasteiger partial charge in [0.2, 0.25) is 0 Å². The number of rotatable bonds is 2. The number of nitrogens with zero attached hydrogens (tertiary/aromatic N) is 2. The summed E-state index contributed by atoms with van der Waals surface area (Å²) in [6.07, 6.45) is 3.01. The molecule has 2 aromatic rings. The van der Waals surface area contributed by atoms with Gasteiger partial charge >= 0.3 is 0 Å². The zero-order valence-electron chi connectivity index (χ0n) is 8.46. The highest BCUT2D eigenvalue weighted by Gasteiger charge is 2.12. The number of aryl methyl sites for hydroxylation is 2. The Labute approximate surface area is 86.1 Å². The number of H-pyrrole nitrogens is 2. The number of carbonyl (C=O) groups excluding carboxylic acids is 1. The molecule has 0 atom stereocenters. The van der Waals surface area contributed by atoms with Crippen LogP contribution in [0, 0.1) is 13.8 Å². The number of nitrogens with one attached hydrogen (secondary N) is 3. The Morgan fingerprint density at radius 1 is 1.47 bits per heavy atom. The fourth-order valence-electron chi connectivity index (χ4n) is 1.30. The third-order valence-corrected chi connectivity index (χ3v) is 2.13. The predicted molar refractivity (Wildman–Crippen MR) is 54.6 cm³/mol. The fourth-order valence-corrected chi connectivity index (χ4v) is 1.30. The Balaban J connectivity index is 2.20. The van der Waals surface area contributed by atoms with E-state index in [9.17, 15) is 4.79 Å². The monoisotopic (exact) mass is 205 g/mol. The highest BCUT2D eigenvalue weighted by Crippen LogP contribution is 2.16. The molecule has 0 aliphatic heterocycles. The van der Waals surface area contributed by atoms with Crippen molar-refractivity contribution in [3.05, 3.63) is 29.3 Å². The Morgan fingerprint density at radius 2 is 2.27 bits per heavy atom. The second-order valence-corrected chi connectivity index (χ2v) is 3.25. The van der Waals surface area contributed by atoms with Gasteiger partial charge in [0, 0.05) is 6.20 Å². The summed E-state index contributed by atoms with van der Waals surface area (Å²) < 4.78 is 0. The van der Waals surface area contributed by atoms with Gasteiger partial charge in [-0.05, 0) is 13.8 Å². The molecule has 0 bridgehead atoms. The van der Waals surface area contributed by atoms with Gasteiger partial charge in [-0.1, -0.05) is 0 Å². The van der Waals surface area contributed by atoms with Crippen LogP contribution in [0.2, 0.25) is 0 Å². The van der Waals surface area contributed by atoms with Gasteiger partial charge in [-0.2, -0.15) is 10.2 Å². The zero-order valence-corrected chi connectivity index (χ0v) is 8.46. The van der Waals surface area contributed by atoms with E-state index >= 15 is 0 Å². The molecule has 1 amide bonds. The third kappa shape index (κ3) is 1.74. The van der Waals surface area contributed by atoms with E-state index in [1.165, 1.54) is 6.20 Å². The highest BCUT2D eigenvalue weighted by atomic mass is 16.1. The second kappa shape index (κ2) is 3.56. The molecule has 2 heterocycles. The Bertz CT molecular complexity index is 451. The van der Waals surface area contributed by atoms with Gasteiger partial charge < -0.3 is 5.32 Å². The van der Waals surface area contributed by atoms with E-state index in [1.807, 2.05) is 13.8 Å². The predicted octanol–water partition coefficient (Wildman–Crippen LogP) is 1.00. The van der Waals surface area contributed by atoms with Crippen LogP contribution in [0.1, 0.15) is 21.7 Å². The minimum atomic E-state index is -0.198. The Kier molecular flexibility index (Phi) is 2.24. The van der Waals surface area contributed by atoms with E-state index in [2.05, 4.69) is 25.7 Å². The van der Waals surface area contributed by atoms with Crippen molar-refractivity contribution in [2.75, 3.05) is 5.32 Å². The molecule has 0 aromatic carbocycles. The standard InChI is InChI=1S/C9H11N5O/c1-5-8(6(2)14-13-5)12-9(15)7-3-10-11-4-7/h3-4H,1-2H3,(H,10,11)(H,12,15)(H,13,14). The minimum Gasteiger partial charge on any atom is -0.319 e. The fraction of sp³-hybridized carbons (Fsp3) is 0.222. The number of carbonyl (C=O) groups is 1. The summed E-state index contributed by atoms with van der Waals surface area (Å²) in [5, 5.41) is 15.8. The quantitative estimate of drug-likeness (QED) is 0.683. The normalized spacial score (nSPS) is 10.3. The van der Waals surface area contributed by atoms with Crippen molar-refractivity contribution in [2.24, 2.45) is 0 Å². The lowest BCUT2D eigenvalue weighted by Crippen LogP contribution is -2.12. The van der Waals surface area contributed by atoms with Crippen molar-refractivity contribution in [2.45, 2.75) is 13.8 Å². The maximum atomic E-state index is 11.7. The molecule has 2 rings (SSSR count). The molecule has 2 aromatic heterocycles. The van der Waals surface area contributed by atoms with Crippen molar-refractivity contribution in [1.29, 1.82) is 0 Å². The van der Waals surface area contributed by atoms with Crippen LogP contribution in [0.15, 0.2) is 12.4 Å². The van der Waals surface area contributed by atoms with Crippen LogP contribution < -0.4 is 5.32 Å². The first-order chi connectivity index (χ1) is 7.18. The molecule has 0 saturated heterocycles. The summed E-state index contributed by atoms with van der Waals surface area (Å²) in [5.74, 6) is -0.198. The SMILES string of the molecule is Cc1n[nH]c(C)c1NC(=O)c1cn[nH]c1. The molecule has 0 spiro atoms. The van der Waals surface area contributed by atoms with Crippen LogP contribution >= 0.6 is 0 Å². The lowest BCUT2D eigenvalue weighted by atomic mass is 10.3. The minimum absolute atomic E-state index is 0.198. The summed E-state index contributed by atoms with van der Waals surface area (Å²) in [5.41, 5.74) is 2.82. The number of hydrogen-bond donors (Lipinski definition) is 3. The molecule has 3 N–H and O–H groups in total. The van der Waals surface area contributed by atoms with Crippen molar-refractivity contribution in [3.63, 3.8) is 0 Å². The van der Waals surface area contributed by atoms with Gasteiger partial charge in [-0.15, -0.1) is 0 Å². The number of hydrogen-bond acceptors (Lipinski definition) is 3. The molecule has 0 unspecified atom stereocenters. The van der Waals surface area contributed by atoms with E-state index in [1.54, 1.807) is 6.20 Å². The first kappa shape index (κ1) is 9.45. The first-order valence-corrected chi connectivity index (χ1v) is 4.50. The van der Waals surface area contributed by atoms with Crippen LogP contribution in [0.25, 0.3) is 0 Å². The van der Waals surface area contributed by atoms with Crippen molar-refractivity contribution in [1.82, 2.24) is 20.4 Å². The van der Waals surface area contributed by atoms with Gasteiger partial charge in [-0.25, -0.2) is 0 Å². The number of amides is 1. The van der Waals surface area contributed by atoms with E-state index in [0.29, 0.717) is 5.56 Å². The van der Waals surface area contributed by atoms with Crippen LogP contribution in [-0.2, 0) is 0 Å². The Hall–Kier alpha value is -2.11. The average molecular weight is 205 g/mol. The molecule has 0 aliphatic rings. The smallest absolute Gasteiger partial charge is 0.258 e. The maximum Gasteiger partial charge on any atom is 0.258 e. The van der Waals surface area contributed by atoms with Crippen LogP contribution in [0.4, 0.5) is 5.69 Å². The summed E-state index contributed by atoms with van der Waals surface area (Å²) >= 11 is 0. The van der Waals surface area contributed by atoms with Crippen molar-refractivity contribution < 1.29 is 4.79 Å². The van der Waals surface area contributed by atoms with E-state index in [-0.39, 0.29) is 5.91 Å². The van der Waals surface area contributed by atoms with Gasteiger partial charge in [0.25, 0.3) is 5.91 Å². The van der Waals surface area contributed by atoms with Crippen LogP contribution in [0.3, 0.4) is 0 Å². The number of aromatic amines is 2. The van der Waals surface area contributed by atoms with E-state index < -0.39 is 0 Å². The van der Waals surface area contributed by atoms with E-state index in [4.69, 9.17) is 0 Å². The maximum absolute atomic E-state index is 11.7. The highest BCUT2D eigenvalue weighted by molar-refractivity contribution is 6.04. The Morgan fingerprint density at radius 3 is 2.80 bits per heavy atom. The number of anilines is 1. The largest absolute Gasteiger partial charge is 0.319 e. The average Bonchev–Trinajstić information content (AvgIpc) is 2.82. The lowest BCUT2D eigenvalue weighted by molar-refractivity contribution is 0.102. The second-order valence-electron chi connectivity index (χ2n) is 3.25. The molecule has 0 fully saturated rings. The topological polar surface area (TPSA) is 86.5 Å². The molecule has 0 aliphatic carbocycles. The molecular formula is C9H11N5O. The van der Waals surface area contributed by atoms with Crippen LogP contribution in [0.5, 0.6) is 0 Å². The van der Waals surface area contributed by atoms with Gasteiger partial charge in [0.1, 0.15) is 0 Å². The molecule has 6 heteroatoms. The van der Waals surface area contributed by atoms with Gasteiger partial charge in [0.15, 0.2) is 0 Å². The van der Waals surface area contributed by atoms with Gasteiger partial charge in [-0.3, -0.25) is 15.0 Å². The summed E-state index contributed by atoms with van der Waals surface area (Å²) in [6, 6.07) is 0. The lowest BCUT2D eigenvalue weighted by Gasteiger charge is -2.02. The summed E-state index contributed by atoms with van der Waals surface area (Å²) in [7, 11) is 0. The summed E-state index contributed by atoms with van der Waals surface area (Å²) in [4.78, 5) is 11.7. The molecular weight excluding hydrogens is 194 g/mol. The molecule has 0 radical (unpaired) electrons. The van der Waals surface area contributed by atoms with Crippen molar-refractivity contribution >= 4 is 11.6 Å². The third-order valence-electron chi connectivity index (χ3n) is 2.13. The van der Waals surface area contributed by atoms with E-state index in [0.717, 1.165) is 17.1 Å². The first-order valence-electron chi connectivity index (χ1n) is 4.50. The molecule has 6 nitrogen and oxygen atoms in total. The zero-order chi connectivity index (χ0) is 10.8. The number of aromatic nitrogens is 4. The summed E-state index contributed by atoms with van der Waals surface area (Å²) in [6.45, 7) is 3.68. The molecule has 15 heavy (non-hydrogen) atoms. The van der Waals surface area contributed by atoms with Crippen molar-refractivity contribution in [3.8, 4) is 0 Å². The molecule has 78 valence electrons. The van der Waals surface area contributed by atoms with Gasteiger partial charge in [0.05, 0.1) is 28.8 Å². The van der Waals surface area contributed by atoms with Crippen LogP contribution in [-0.4, -0.2) is 26.3 Å².